The molecule has 0 atom stereocenters. The Kier molecular flexibility index (Phi) is 5.77. The Morgan fingerprint density at radius 3 is 2.38 bits per heavy atom. The molecule has 0 aromatic carbocycles. The SMILES string of the molecule is CSc1cc(N2CCC3(CCNc4ncc(C(F)(F)F)c(C)c4C2=O)C(F)(F)C3(F)F)ccn1. The van der Waals surface area contributed by atoms with E-state index in [-0.39, 0.29) is 11.5 Å². The number of thioether (sulfide) groups is 1. The van der Waals surface area contributed by atoms with Crippen molar-refractivity contribution in [3.8, 4) is 0 Å². The molecule has 34 heavy (non-hydrogen) atoms. The number of amides is 1. The predicted octanol–water partition coefficient (Wildman–Crippen LogP) is 5.65. The van der Waals surface area contributed by atoms with Crippen molar-refractivity contribution in [2.75, 3.05) is 29.6 Å². The highest BCUT2D eigenvalue weighted by molar-refractivity contribution is 7.98. The van der Waals surface area contributed by atoms with Crippen molar-refractivity contribution in [1.29, 1.82) is 0 Å². The molecule has 1 aliphatic heterocycles. The van der Waals surface area contributed by atoms with Crippen LogP contribution in [0.2, 0.25) is 0 Å². The number of rotatable bonds is 2. The maximum absolute atomic E-state index is 14.3. The second kappa shape index (κ2) is 7.99. The van der Waals surface area contributed by atoms with Crippen LogP contribution in [0.25, 0.3) is 0 Å². The summed E-state index contributed by atoms with van der Waals surface area (Å²) in [5, 5.41) is 2.98. The van der Waals surface area contributed by atoms with Crippen LogP contribution in [-0.4, -0.2) is 47.1 Å². The van der Waals surface area contributed by atoms with Gasteiger partial charge < -0.3 is 10.2 Å². The molecule has 1 amide bonds. The summed E-state index contributed by atoms with van der Waals surface area (Å²) in [6, 6.07) is 2.80. The van der Waals surface area contributed by atoms with Gasteiger partial charge in [-0.3, -0.25) is 4.79 Å². The molecule has 0 bridgehead atoms. The fourth-order valence-electron chi connectivity index (χ4n) is 4.42. The van der Waals surface area contributed by atoms with Gasteiger partial charge in [-0.1, -0.05) is 0 Å². The maximum Gasteiger partial charge on any atom is 0.418 e. The smallest absolute Gasteiger partial charge is 0.369 e. The molecule has 1 spiro atoms. The highest BCUT2D eigenvalue weighted by atomic mass is 32.2. The van der Waals surface area contributed by atoms with E-state index in [0.717, 1.165) is 11.8 Å². The van der Waals surface area contributed by atoms with Gasteiger partial charge in [-0.05, 0) is 43.7 Å². The average Bonchev–Trinajstić information content (AvgIpc) is 3.10. The molecule has 2 aromatic heterocycles. The van der Waals surface area contributed by atoms with Crippen LogP contribution in [0.1, 0.15) is 34.3 Å². The zero-order chi connectivity index (χ0) is 25.1. The van der Waals surface area contributed by atoms with Crippen molar-refractivity contribution in [2.24, 2.45) is 5.41 Å². The molecule has 5 nitrogen and oxygen atoms in total. The lowest BCUT2D eigenvalue weighted by Crippen LogP contribution is -2.37. The first kappa shape index (κ1) is 24.6. The van der Waals surface area contributed by atoms with Gasteiger partial charge in [0.25, 0.3) is 5.91 Å². The second-order valence-electron chi connectivity index (χ2n) is 8.19. The van der Waals surface area contributed by atoms with Crippen LogP contribution in [0.15, 0.2) is 29.6 Å². The number of nitrogens with zero attached hydrogens (tertiary/aromatic N) is 3. The van der Waals surface area contributed by atoms with E-state index in [0.29, 0.717) is 11.2 Å². The van der Waals surface area contributed by atoms with Crippen LogP contribution in [0, 0.1) is 12.3 Å². The second-order valence-corrected chi connectivity index (χ2v) is 9.02. The fourth-order valence-corrected chi connectivity index (χ4v) is 4.82. The standard InChI is InChI=1S/C21H19F7N4OS/c1-11-13(19(22,23)24)10-31-16-15(11)17(33)32(12-3-6-29-14(9-12)34-2)8-5-18(4-7-30-16)20(25,26)21(18,27)28/h3,6,9-10H,4-5,7-8H2,1-2H3,(H,30,31). The van der Waals surface area contributed by atoms with Gasteiger partial charge >= 0.3 is 18.0 Å². The molecule has 3 heterocycles. The quantitative estimate of drug-likeness (QED) is 0.420. The third kappa shape index (κ3) is 3.50. The Labute approximate surface area is 194 Å². The number of fused-ring (bicyclic) bond motifs is 1. The lowest BCUT2D eigenvalue weighted by molar-refractivity contribution is -0.138. The van der Waals surface area contributed by atoms with E-state index in [4.69, 9.17) is 0 Å². The summed E-state index contributed by atoms with van der Waals surface area (Å²) in [7, 11) is 0. The van der Waals surface area contributed by atoms with Crippen molar-refractivity contribution in [3.63, 3.8) is 0 Å². The van der Waals surface area contributed by atoms with Gasteiger partial charge in [-0.25, -0.2) is 9.97 Å². The molecule has 1 saturated carbocycles. The van der Waals surface area contributed by atoms with Gasteiger partial charge in [-0.2, -0.15) is 30.7 Å². The molecule has 184 valence electrons. The summed E-state index contributed by atoms with van der Waals surface area (Å²) < 4.78 is 97.5. The summed E-state index contributed by atoms with van der Waals surface area (Å²) in [6.45, 7) is 0.129. The molecule has 1 N–H and O–H groups in total. The summed E-state index contributed by atoms with van der Waals surface area (Å²) in [5.41, 5.74) is -4.48. The van der Waals surface area contributed by atoms with Gasteiger partial charge in [0.1, 0.15) is 11.2 Å². The Bertz CT molecular complexity index is 1120. The third-order valence-electron chi connectivity index (χ3n) is 6.48. The number of anilines is 2. The lowest BCUT2D eigenvalue weighted by atomic mass is 9.94. The highest BCUT2D eigenvalue weighted by Crippen LogP contribution is 2.75. The molecule has 0 unspecified atom stereocenters. The molecule has 1 fully saturated rings. The van der Waals surface area contributed by atoms with E-state index in [1.807, 2.05) is 0 Å². The number of aromatic nitrogens is 2. The Balaban J connectivity index is 1.87. The zero-order valence-electron chi connectivity index (χ0n) is 17.9. The summed E-state index contributed by atoms with van der Waals surface area (Å²) in [4.78, 5) is 22.3. The van der Waals surface area contributed by atoms with Gasteiger partial charge in [0.2, 0.25) is 0 Å². The molecule has 2 aromatic rings. The van der Waals surface area contributed by atoms with Crippen LogP contribution in [-0.2, 0) is 6.18 Å². The van der Waals surface area contributed by atoms with E-state index >= 15 is 0 Å². The van der Waals surface area contributed by atoms with Crippen LogP contribution < -0.4 is 10.2 Å². The molecule has 13 heteroatoms. The fraction of sp³-hybridized carbons (Fsp3) is 0.476. The van der Waals surface area contributed by atoms with Crippen LogP contribution in [0.3, 0.4) is 0 Å². The van der Waals surface area contributed by atoms with E-state index in [1.165, 1.54) is 30.1 Å². The lowest BCUT2D eigenvalue weighted by Gasteiger charge is -2.29. The van der Waals surface area contributed by atoms with E-state index in [9.17, 15) is 35.5 Å². The monoisotopic (exact) mass is 508 g/mol. The first-order valence-corrected chi connectivity index (χ1v) is 11.4. The molecule has 2 aliphatic rings. The highest BCUT2D eigenvalue weighted by Gasteiger charge is 2.94. The van der Waals surface area contributed by atoms with Gasteiger partial charge in [0.15, 0.2) is 0 Å². The molecule has 0 saturated heterocycles. The minimum Gasteiger partial charge on any atom is -0.369 e. The van der Waals surface area contributed by atoms with E-state index in [2.05, 4.69) is 15.3 Å². The normalized spacial score (nSPS) is 21.1. The first-order chi connectivity index (χ1) is 15.8. The summed E-state index contributed by atoms with van der Waals surface area (Å²) >= 11 is 1.21. The zero-order valence-corrected chi connectivity index (χ0v) is 18.8. The van der Waals surface area contributed by atoms with Crippen LogP contribution in [0.5, 0.6) is 0 Å². The number of pyridine rings is 2. The minimum atomic E-state index is -4.79. The van der Waals surface area contributed by atoms with Crippen LogP contribution >= 0.6 is 11.8 Å². The molecular weight excluding hydrogens is 489 g/mol. The van der Waals surface area contributed by atoms with Crippen molar-refractivity contribution >= 4 is 29.2 Å². The van der Waals surface area contributed by atoms with Crippen molar-refractivity contribution in [2.45, 2.75) is 42.8 Å². The molecule has 1 aliphatic carbocycles. The Hall–Kier alpha value is -2.57. The average molecular weight is 508 g/mol. The number of hydrogen-bond acceptors (Lipinski definition) is 5. The summed E-state index contributed by atoms with van der Waals surface area (Å²) in [6.07, 6.45) is -2.66. The largest absolute Gasteiger partial charge is 0.418 e. The third-order valence-corrected chi connectivity index (χ3v) is 7.12. The van der Waals surface area contributed by atoms with Gasteiger partial charge in [0.05, 0.1) is 16.2 Å². The van der Waals surface area contributed by atoms with E-state index in [1.54, 1.807) is 6.26 Å². The minimum absolute atomic E-state index is 0.134. The molecular formula is C21H19F7N4OS. The molecule has 0 radical (unpaired) electrons. The van der Waals surface area contributed by atoms with Gasteiger partial charge in [-0.15, -0.1) is 11.8 Å². The van der Waals surface area contributed by atoms with E-state index < -0.39 is 72.0 Å². The Morgan fingerprint density at radius 2 is 1.79 bits per heavy atom. The number of alkyl halides is 7. The number of hydrogen-bond donors (Lipinski definition) is 1. The number of nitrogens with one attached hydrogen (secondary N) is 1. The summed E-state index contributed by atoms with van der Waals surface area (Å²) in [5.74, 6) is -9.81. The maximum atomic E-state index is 14.3. The number of carbonyl (C=O) groups is 1. The van der Waals surface area contributed by atoms with Gasteiger partial charge in [0, 0.05) is 31.2 Å². The topological polar surface area (TPSA) is 58.1 Å². The van der Waals surface area contributed by atoms with Crippen molar-refractivity contribution in [3.05, 3.63) is 41.2 Å². The first-order valence-electron chi connectivity index (χ1n) is 10.2. The Morgan fingerprint density at radius 1 is 1.12 bits per heavy atom. The van der Waals surface area contributed by atoms with Crippen LogP contribution in [0.4, 0.5) is 42.2 Å². The number of halogens is 7. The number of carbonyl (C=O) groups excluding carboxylic acids is 1. The van der Waals surface area contributed by atoms with Crippen molar-refractivity contribution in [1.82, 2.24) is 9.97 Å². The van der Waals surface area contributed by atoms with Crippen molar-refractivity contribution < 1.29 is 35.5 Å². The molecule has 4 rings (SSSR count). The predicted molar refractivity (Wildman–Crippen MR) is 112 cm³/mol.